The Labute approximate surface area is 109 Å². The van der Waals surface area contributed by atoms with Crippen molar-refractivity contribution in [1.82, 2.24) is 4.98 Å². The molecule has 0 spiro atoms. The van der Waals surface area contributed by atoms with Gasteiger partial charge in [0.1, 0.15) is 11.6 Å². The SMILES string of the molecule is CCOc1cc(F)ccc1-c1ccnc(Cl)c1N. The number of ether oxygens (including phenoxy) is 1. The van der Waals surface area contributed by atoms with E-state index in [1.165, 1.54) is 12.1 Å². The molecule has 0 aliphatic rings. The van der Waals surface area contributed by atoms with E-state index >= 15 is 0 Å². The average molecular weight is 267 g/mol. The van der Waals surface area contributed by atoms with Crippen LogP contribution in [-0.2, 0) is 0 Å². The Hall–Kier alpha value is -1.81. The summed E-state index contributed by atoms with van der Waals surface area (Å²) >= 11 is 5.87. The molecule has 1 heterocycles. The first kappa shape index (κ1) is 12.6. The minimum absolute atomic E-state index is 0.222. The zero-order valence-corrected chi connectivity index (χ0v) is 10.5. The number of hydrogen-bond acceptors (Lipinski definition) is 3. The fourth-order valence-corrected chi connectivity index (χ4v) is 1.83. The molecule has 2 aromatic rings. The topological polar surface area (TPSA) is 48.1 Å². The van der Waals surface area contributed by atoms with Gasteiger partial charge in [-0.25, -0.2) is 9.37 Å². The maximum atomic E-state index is 13.2. The van der Waals surface area contributed by atoms with Crippen molar-refractivity contribution in [2.24, 2.45) is 0 Å². The number of pyridine rings is 1. The standard InChI is InChI=1S/C13H12ClFN2O/c1-2-18-11-7-8(15)3-4-9(11)10-5-6-17-13(14)12(10)16/h3-7H,2,16H2,1H3. The molecule has 0 radical (unpaired) electrons. The predicted octanol–water partition coefficient (Wildman–Crippen LogP) is 3.52. The van der Waals surface area contributed by atoms with Crippen LogP contribution < -0.4 is 10.5 Å². The minimum atomic E-state index is -0.360. The van der Waals surface area contributed by atoms with Crippen LogP contribution in [0.25, 0.3) is 11.1 Å². The molecule has 0 unspecified atom stereocenters. The van der Waals surface area contributed by atoms with Crippen LogP contribution in [-0.4, -0.2) is 11.6 Å². The van der Waals surface area contributed by atoms with Crippen molar-refractivity contribution in [3.63, 3.8) is 0 Å². The molecule has 18 heavy (non-hydrogen) atoms. The fraction of sp³-hybridized carbons (Fsp3) is 0.154. The first-order valence-corrected chi connectivity index (χ1v) is 5.84. The van der Waals surface area contributed by atoms with E-state index in [1.807, 2.05) is 6.92 Å². The number of nitrogens with zero attached hydrogens (tertiary/aromatic N) is 1. The van der Waals surface area contributed by atoms with Gasteiger partial charge in [0.25, 0.3) is 0 Å². The van der Waals surface area contributed by atoms with Crippen LogP contribution in [0.4, 0.5) is 10.1 Å². The lowest BCUT2D eigenvalue weighted by molar-refractivity contribution is 0.339. The van der Waals surface area contributed by atoms with Gasteiger partial charge in [-0.05, 0) is 25.1 Å². The van der Waals surface area contributed by atoms with Crippen molar-refractivity contribution in [2.45, 2.75) is 6.92 Å². The molecule has 0 saturated carbocycles. The normalized spacial score (nSPS) is 10.4. The maximum absolute atomic E-state index is 13.2. The summed E-state index contributed by atoms with van der Waals surface area (Å²) in [5.74, 6) is 0.0763. The van der Waals surface area contributed by atoms with Gasteiger partial charge in [-0.15, -0.1) is 0 Å². The molecule has 0 amide bonds. The lowest BCUT2D eigenvalue weighted by atomic mass is 10.0. The molecular weight excluding hydrogens is 255 g/mol. The van der Waals surface area contributed by atoms with Crippen LogP contribution in [0.15, 0.2) is 30.5 Å². The lowest BCUT2D eigenvalue weighted by Gasteiger charge is -2.12. The summed E-state index contributed by atoms with van der Waals surface area (Å²) in [5.41, 5.74) is 7.60. The van der Waals surface area contributed by atoms with Gasteiger partial charge in [0.05, 0.1) is 12.3 Å². The third-order valence-electron chi connectivity index (χ3n) is 2.48. The van der Waals surface area contributed by atoms with Crippen molar-refractivity contribution in [3.05, 3.63) is 41.4 Å². The number of benzene rings is 1. The smallest absolute Gasteiger partial charge is 0.152 e. The molecule has 2 rings (SSSR count). The first-order valence-electron chi connectivity index (χ1n) is 5.46. The molecule has 1 aromatic carbocycles. The van der Waals surface area contributed by atoms with Crippen LogP contribution in [0.5, 0.6) is 5.75 Å². The summed E-state index contributed by atoms with van der Waals surface area (Å²) in [6.45, 7) is 2.27. The second kappa shape index (κ2) is 5.23. The third-order valence-corrected chi connectivity index (χ3v) is 2.78. The highest BCUT2D eigenvalue weighted by molar-refractivity contribution is 6.32. The largest absolute Gasteiger partial charge is 0.493 e. The summed E-state index contributed by atoms with van der Waals surface area (Å²) in [4.78, 5) is 3.88. The Balaban J connectivity index is 2.59. The van der Waals surface area contributed by atoms with Crippen molar-refractivity contribution >= 4 is 17.3 Å². The van der Waals surface area contributed by atoms with Crippen LogP contribution >= 0.6 is 11.6 Å². The molecule has 3 nitrogen and oxygen atoms in total. The van der Waals surface area contributed by atoms with Crippen molar-refractivity contribution in [2.75, 3.05) is 12.3 Å². The van der Waals surface area contributed by atoms with E-state index in [9.17, 15) is 4.39 Å². The Morgan fingerprint density at radius 2 is 2.11 bits per heavy atom. The Bertz CT molecular complexity index is 575. The highest BCUT2D eigenvalue weighted by Gasteiger charge is 2.12. The van der Waals surface area contributed by atoms with Gasteiger partial charge >= 0.3 is 0 Å². The van der Waals surface area contributed by atoms with E-state index in [0.29, 0.717) is 29.2 Å². The summed E-state index contributed by atoms with van der Waals surface area (Å²) < 4.78 is 18.6. The fourth-order valence-electron chi connectivity index (χ4n) is 1.68. The zero-order chi connectivity index (χ0) is 13.1. The van der Waals surface area contributed by atoms with Crippen molar-refractivity contribution in [1.29, 1.82) is 0 Å². The molecule has 0 aliphatic carbocycles. The zero-order valence-electron chi connectivity index (χ0n) is 9.78. The first-order chi connectivity index (χ1) is 8.63. The second-order valence-electron chi connectivity index (χ2n) is 3.64. The van der Waals surface area contributed by atoms with Gasteiger partial charge in [-0.2, -0.15) is 0 Å². The van der Waals surface area contributed by atoms with E-state index in [-0.39, 0.29) is 11.0 Å². The summed E-state index contributed by atoms with van der Waals surface area (Å²) in [5, 5.41) is 0.222. The van der Waals surface area contributed by atoms with Gasteiger partial charge in [0.2, 0.25) is 0 Å². The molecule has 0 fully saturated rings. The minimum Gasteiger partial charge on any atom is -0.493 e. The van der Waals surface area contributed by atoms with E-state index < -0.39 is 0 Å². The number of nitrogens with two attached hydrogens (primary N) is 1. The summed E-state index contributed by atoms with van der Waals surface area (Å²) in [7, 11) is 0. The van der Waals surface area contributed by atoms with Crippen LogP contribution in [0, 0.1) is 5.82 Å². The molecular formula is C13H12ClFN2O. The Kier molecular flexibility index (Phi) is 3.67. The van der Waals surface area contributed by atoms with E-state index in [2.05, 4.69) is 4.98 Å². The predicted molar refractivity (Wildman–Crippen MR) is 70.2 cm³/mol. The number of nitrogen functional groups attached to an aromatic ring is 1. The van der Waals surface area contributed by atoms with Crippen LogP contribution in [0.3, 0.4) is 0 Å². The van der Waals surface area contributed by atoms with Gasteiger partial charge in [0, 0.05) is 23.4 Å². The van der Waals surface area contributed by atoms with Gasteiger partial charge in [-0.1, -0.05) is 11.6 Å². The number of rotatable bonds is 3. The molecule has 2 N–H and O–H groups in total. The monoisotopic (exact) mass is 266 g/mol. The van der Waals surface area contributed by atoms with Crippen LogP contribution in [0.2, 0.25) is 5.15 Å². The third kappa shape index (κ3) is 2.38. The van der Waals surface area contributed by atoms with Gasteiger partial charge in [0.15, 0.2) is 5.15 Å². The van der Waals surface area contributed by atoms with Crippen molar-refractivity contribution in [3.8, 4) is 16.9 Å². The highest BCUT2D eigenvalue weighted by atomic mass is 35.5. The molecule has 0 saturated heterocycles. The number of hydrogen-bond donors (Lipinski definition) is 1. The second-order valence-corrected chi connectivity index (χ2v) is 3.99. The molecule has 5 heteroatoms. The highest BCUT2D eigenvalue weighted by Crippen LogP contribution is 2.36. The van der Waals surface area contributed by atoms with E-state index in [1.54, 1.807) is 18.3 Å². The van der Waals surface area contributed by atoms with Gasteiger partial charge in [-0.3, -0.25) is 0 Å². The average Bonchev–Trinajstić information content (AvgIpc) is 2.34. The van der Waals surface area contributed by atoms with Crippen molar-refractivity contribution < 1.29 is 9.13 Å². The summed E-state index contributed by atoms with van der Waals surface area (Å²) in [6, 6.07) is 6.01. The van der Waals surface area contributed by atoms with E-state index in [0.717, 1.165) is 0 Å². The van der Waals surface area contributed by atoms with Gasteiger partial charge < -0.3 is 10.5 Å². The number of halogens is 2. The summed E-state index contributed by atoms with van der Waals surface area (Å²) in [6.07, 6.45) is 1.55. The number of anilines is 1. The Morgan fingerprint density at radius 3 is 2.83 bits per heavy atom. The quantitative estimate of drug-likeness (QED) is 0.865. The molecule has 0 atom stereocenters. The van der Waals surface area contributed by atoms with E-state index in [4.69, 9.17) is 22.1 Å². The lowest BCUT2D eigenvalue weighted by Crippen LogP contribution is -1.98. The van der Waals surface area contributed by atoms with Crippen LogP contribution in [0.1, 0.15) is 6.92 Å². The molecule has 0 aliphatic heterocycles. The Morgan fingerprint density at radius 1 is 1.33 bits per heavy atom. The molecule has 94 valence electrons. The maximum Gasteiger partial charge on any atom is 0.152 e. The molecule has 0 bridgehead atoms. The number of aromatic nitrogens is 1. The molecule has 1 aromatic heterocycles.